The number of benzene rings is 1. The average molecular weight is 494 g/mol. The zero-order chi connectivity index (χ0) is 25.7. The minimum atomic E-state index is 0.195. The number of hydrogen-bond acceptors (Lipinski definition) is 3. The van der Waals surface area contributed by atoms with Crippen LogP contribution in [0, 0.1) is 52.3 Å². The van der Waals surface area contributed by atoms with Crippen LogP contribution in [0.3, 0.4) is 0 Å². The summed E-state index contributed by atoms with van der Waals surface area (Å²) < 4.78 is 6.37. The van der Waals surface area contributed by atoms with Gasteiger partial charge in [0.15, 0.2) is 0 Å². The molecule has 0 amide bonds. The van der Waals surface area contributed by atoms with Crippen molar-refractivity contribution in [3.8, 4) is 11.5 Å². The molecule has 9 atom stereocenters. The zero-order valence-electron chi connectivity index (χ0n) is 23.5. The van der Waals surface area contributed by atoms with Gasteiger partial charge in [0.05, 0.1) is 11.8 Å². The molecule has 200 valence electrons. The summed E-state index contributed by atoms with van der Waals surface area (Å²) in [5, 5.41) is 9.68. The highest BCUT2D eigenvalue weighted by Crippen LogP contribution is 2.67. The molecule has 3 saturated carbocycles. The number of nitrogens with two attached hydrogens (primary N) is 1. The van der Waals surface area contributed by atoms with Crippen molar-refractivity contribution in [2.24, 2.45) is 52.3 Å². The van der Waals surface area contributed by atoms with Gasteiger partial charge in [0.2, 0.25) is 0 Å². The summed E-state index contributed by atoms with van der Waals surface area (Å²) in [6.45, 7) is 12.6. The van der Waals surface area contributed by atoms with E-state index in [9.17, 15) is 5.11 Å². The third kappa shape index (κ3) is 4.58. The largest absolute Gasteiger partial charge is 0.508 e. The molecule has 5 rings (SSSR count). The van der Waals surface area contributed by atoms with E-state index < -0.39 is 0 Å². The fraction of sp³-hybridized carbons (Fsp3) is 0.758. The van der Waals surface area contributed by atoms with Gasteiger partial charge in [-0.3, -0.25) is 0 Å². The monoisotopic (exact) mass is 493 g/mol. The van der Waals surface area contributed by atoms with Crippen LogP contribution in [0.4, 0.5) is 5.69 Å². The molecule has 1 aromatic carbocycles. The number of fused-ring (bicyclic) bond motifs is 5. The van der Waals surface area contributed by atoms with Crippen molar-refractivity contribution in [1.82, 2.24) is 0 Å². The van der Waals surface area contributed by atoms with Crippen molar-refractivity contribution in [3.05, 3.63) is 30.4 Å². The molecule has 0 spiro atoms. The maximum Gasteiger partial charge on any atom is 0.142 e. The van der Waals surface area contributed by atoms with E-state index in [2.05, 4.69) is 46.8 Å². The predicted molar refractivity (Wildman–Crippen MR) is 150 cm³/mol. The van der Waals surface area contributed by atoms with Gasteiger partial charge in [0.25, 0.3) is 0 Å². The number of rotatable bonds is 7. The predicted octanol–water partition coefficient (Wildman–Crippen LogP) is 8.62. The number of phenols is 1. The number of ether oxygens (including phenoxy) is 1. The molecule has 9 unspecified atom stereocenters. The highest BCUT2D eigenvalue weighted by molar-refractivity contribution is 5.55. The summed E-state index contributed by atoms with van der Waals surface area (Å²) in [6, 6.07) is 5.07. The summed E-state index contributed by atoms with van der Waals surface area (Å²) in [7, 11) is 0. The Balaban J connectivity index is 1.27. The Morgan fingerprint density at radius 3 is 2.47 bits per heavy atom. The Morgan fingerprint density at radius 2 is 1.72 bits per heavy atom. The van der Waals surface area contributed by atoms with E-state index in [1.807, 2.05) is 6.07 Å². The Morgan fingerprint density at radius 1 is 0.972 bits per heavy atom. The van der Waals surface area contributed by atoms with Gasteiger partial charge in [0, 0.05) is 6.07 Å². The van der Waals surface area contributed by atoms with Crippen LogP contribution in [-0.2, 0) is 0 Å². The molecular formula is C33H51NO2. The fourth-order valence-electron chi connectivity index (χ4n) is 9.54. The van der Waals surface area contributed by atoms with Gasteiger partial charge < -0.3 is 15.6 Å². The Labute approximate surface area is 220 Å². The summed E-state index contributed by atoms with van der Waals surface area (Å²) >= 11 is 0. The summed E-state index contributed by atoms with van der Waals surface area (Å²) in [4.78, 5) is 0. The highest BCUT2D eigenvalue weighted by atomic mass is 16.5. The lowest BCUT2D eigenvalue weighted by Gasteiger charge is -2.59. The van der Waals surface area contributed by atoms with Crippen molar-refractivity contribution < 1.29 is 9.84 Å². The number of anilines is 1. The molecule has 1 aromatic rings. The normalized spacial score (nSPS) is 40.4. The number of hydrogen-bond donors (Lipinski definition) is 2. The number of phenolic OH excluding ortho intramolecular Hbond substituents is 1. The maximum absolute atomic E-state index is 9.68. The second kappa shape index (κ2) is 9.91. The van der Waals surface area contributed by atoms with Gasteiger partial charge in [-0.2, -0.15) is 0 Å². The third-order valence-corrected chi connectivity index (χ3v) is 11.6. The minimum Gasteiger partial charge on any atom is -0.508 e. The SMILES string of the molecule is CC(C)CCCC(C)C1CCC2C3C=CC4CC(Oc5ccc(O)cc5N)CCC4(C)C3CCC12C. The molecule has 3 nitrogen and oxygen atoms in total. The Bertz CT molecular complexity index is 955. The van der Waals surface area contributed by atoms with Crippen molar-refractivity contribution >= 4 is 5.69 Å². The van der Waals surface area contributed by atoms with E-state index in [0.717, 1.165) is 48.3 Å². The van der Waals surface area contributed by atoms with Crippen molar-refractivity contribution in [2.75, 3.05) is 5.73 Å². The molecule has 0 aliphatic heterocycles. The molecule has 3 fully saturated rings. The Hall–Kier alpha value is -1.64. The van der Waals surface area contributed by atoms with Crippen LogP contribution >= 0.6 is 0 Å². The quantitative estimate of drug-likeness (QED) is 0.295. The number of allylic oxidation sites excluding steroid dienone is 2. The summed E-state index contributed by atoms with van der Waals surface area (Å²) in [6.07, 6.45) is 18.8. The molecule has 3 N–H and O–H groups in total. The highest BCUT2D eigenvalue weighted by Gasteiger charge is 2.59. The molecule has 4 aliphatic rings. The molecule has 0 bridgehead atoms. The van der Waals surface area contributed by atoms with E-state index in [0.29, 0.717) is 28.2 Å². The second-order valence-electron chi connectivity index (χ2n) is 14.1. The molecule has 0 heterocycles. The second-order valence-corrected chi connectivity index (χ2v) is 14.1. The standard InChI is InChI=1S/C33H51NO2/c1-21(2)7-6-8-22(3)27-12-13-28-26-11-9-23-19-25(36-31-14-10-24(35)20-30(31)34)15-17-32(23,4)29(26)16-18-33(27,28)5/h9-11,14,20-23,25-29,35H,6-8,12-13,15-19,34H2,1-5H3. The molecule has 0 saturated heterocycles. The van der Waals surface area contributed by atoms with Gasteiger partial charge in [0.1, 0.15) is 11.5 Å². The maximum atomic E-state index is 9.68. The number of aromatic hydroxyl groups is 1. The summed E-state index contributed by atoms with van der Waals surface area (Å²) in [5.41, 5.74) is 7.57. The minimum absolute atomic E-state index is 0.195. The first-order valence-corrected chi connectivity index (χ1v) is 15.0. The van der Waals surface area contributed by atoms with Crippen molar-refractivity contribution in [2.45, 2.75) is 105 Å². The van der Waals surface area contributed by atoms with Crippen LogP contribution in [-0.4, -0.2) is 11.2 Å². The lowest BCUT2D eigenvalue weighted by atomic mass is 9.46. The van der Waals surface area contributed by atoms with Gasteiger partial charge >= 0.3 is 0 Å². The first-order valence-electron chi connectivity index (χ1n) is 15.0. The topological polar surface area (TPSA) is 55.5 Å². The summed E-state index contributed by atoms with van der Waals surface area (Å²) in [5.74, 6) is 6.57. The van der Waals surface area contributed by atoms with Crippen LogP contribution in [0.25, 0.3) is 0 Å². The van der Waals surface area contributed by atoms with Gasteiger partial charge in [-0.15, -0.1) is 0 Å². The molecule has 4 aliphatic carbocycles. The van der Waals surface area contributed by atoms with Crippen molar-refractivity contribution in [1.29, 1.82) is 0 Å². The van der Waals surface area contributed by atoms with Crippen LogP contribution in [0.1, 0.15) is 98.8 Å². The van der Waals surface area contributed by atoms with E-state index in [-0.39, 0.29) is 11.9 Å². The van der Waals surface area contributed by atoms with E-state index in [1.54, 1.807) is 12.1 Å². The zero-order valence-corrected chi connectivity index (χ0v) is 23.5. The molecule has 36 heavy (non-hydrogen) atoms. The Kier molecular flexibility index (Phi) is 7.16. The molecule has 0 aromatic heterocycles. The van der Waals surface area contributed by atoms with Crippen molar-refractivity contribution in [3.63, 3.8) is 0 Å². The van der Waals surface area contributed by atoms with Crippen LogP contribution < -0.4 is 10.5 Å². The third-order valence-electron chi connectivity index (χ3n) is 11.6. The van der Waals surface area contributed by atoms with Gasteiger partial charge in [-0.25, -0.2) is 0 Å². The van der Waals surface area contributed by atoms with E-state index in [1.165, 1.54) is 51.4 Å². The fourth-order valence-corrected chi connectivity index (χ4v) is 9.54. The lowest BCUT2D eigenvalue weighted by Crippen LogP contribution is -2.52. The van der Waals surface area contributed by atoms with Gasteiger partial charge in [-0.05, 0) is 109 Å². The number of nitrogen functional groups attached to an aromatic ring is 1. The van der Waals surface area contributed by atoms with Crippen LogP contribution in [0.2, 0.25) is 0 Å². The van der Waals surface area contributed by atoms with E-state index >= 15 is 0 Å². The van der Waals surface area contributed by atoms with Crippen LogP contribution in [0.5, 0.6) is 11.5 Å². The molecule has 3 heteroatoms. The lowest BCUT2D eigenvalue weighted by molar-refractivity contribution is -0.0783. The molecule has 0 radical (unpaired) electrons. The average Bonchev–Trinajstić information content (AvgIpc) is 3.18. The van der Waals surface area contributed by atoms with Crippen LogP contribution in [0.15, 0.2) is 30.4 Å². The first-order chi connectivity index (χ1) is 17.1. The first kappa shape index (κ1) is 26.0. The molecular weight excluding hydrogens is 442 g/mol. The van der Waals surface area contributed by atoms with Gasteiger partial charge in [-0.1, -0.05) is 66.0 Å². The smallest absolute Gasteiger partial charge is 0.142 e. The van der Waals surface area contributed by atoms with E-state index in [4.69, 9.17) is 10.5 Å².